The van der Waals surface area contributed by atoms with E-state index in [1.165, 1.54) is 12.1 Å². The van der Waals surface area contributed by atoms with Crippen LogP contribution in [0.1, 0.15) is 72.2 Å². The summed E-state index contributed by atoms with van der Waals surface area (Å²) in [4.78, 5) is 0. The molecule has 4 atom stereocenters. The number of aromatic hydroxyl groups is 7. The van der Waals surface area contributed by atoms with Gasteiger partial charge in [0.25, 0.3) is 0 Å². The van der Waals surface area contributed by atoms with Gasteiger partial charge < -0.3 is 45.2 Å². The number of phenols is 7. The highest BCUT2D eigenvalue weighted by Crippen LogP contribution is 2.66. The Hall–Kier alpha value is -6.74. The molecule has 6 aromatic carbocycles. The lowest BCUT2D eigenvalue weighted by Crippen LogP contribution is -2.47. The highest BCUT2D eigenvalue weighted by molar-refractivity contribution is 5.82. The highest BCUT2D eigenvalue weighted by Gasteiger charge is 2.63. The van der Waals surface area contributed by atoms with Crippen LogP contribution in [0.5, 0.6) is 51.7 Å². The maximum absolute atomic E-state index is 10.9. The highest BCUT2D eigenvalue weighted by atomic mass is 16.5. The normalized spacial score (nSPS) is 23.9. The number of benzene rings is 6. The predicted molar refractivity (Wildman–Crippen MR) is 208 cm³/mol. The van der Waals surface area contributed by atoms with Gasteiger partial charge in [-0.1, -0.05) is 48.6 Å². The molecule has 9 nitrogen and oxygen atoms in total. The minimum atomic E-state index is -1.21. The number of hydrogen-bond donors (Lipinski definition) is 7. The molecule has 9 heteroatoms. The molecule has 55 heavy (non-hydrogen) atoms. The zero-order valence-corrected chi connectivity index (χ0v) is 30.6. The first-order chi connectivity index (χ1) is 26.1. The molecule has 278 valence electrons. The summed E-state index contributed by atoms with van der Waals surface area (Å²) in [5.41, 5.74) is 0.555. The number of ether oxygens (including phenoxy) is 2. The average molecular weight is 737 g/mol. The van der Waals surface area contributed by atoms with Crippen LogP contribution in [0.25, 0.3) is 12.2 Å². The molecule has 2 aliphatic rings. The number of hydrogen-bond acceptors (Lipinski definition) is 9. The van der Waals surface area contributed by atoms with Crippen LogP contribution in [0, 0.1) is 0 Å². The van der Waals surface area contributed by atoms with Crippen molar-refractivity contribution in [2.75, 3.05) is 0 Å². The fourth-order valence-electron chi connectivity index (χ4n) is 8.76. The van der Waals surface area contributed by atoms with E-state index in [0.717, 1.165) is 5.56 Å². The Kier molecular flexibility index (Phi) is 7.79. The van der Waals surface area contributed by atoms with Gasteiger partial charge in [0.1, 0.15) is 62.9 Å². The van der Waals surface area contributed by atoms with Crippen molar-refractivity contribution in [1.29, 1.82) is 0 Å². The van der Waals surface area contributed by atoms with Crippen molar-refractivity contribution in [3.05, 3.63) is 160 Å². The van der Waals surface area contributed by atoms with Crippen LogP contribution in [-0.2, 0) is 22.0 Å². The summed E-state index contributed by atoms with van der Waals surface area (Å²) in [5, 5.41) is 74.4. The van der Waals surface area contributed by atoms with Crippen molar-refractivity contribution in [2.24, 2.45) is 0 Å². The average Bonchev–Trinajstić information content (AvgIpc) is 3.51. The molecule has 0 fully saturated rings. The first-order valence-electron chi connectivity index (χ1n) is 17.8. The van der Waals surface area contributed by atoms with Crippen molar-refractivity contribution >= 4 is 12.2 Å². The van der Waals surface area contributed by atoms with Crippen molar-refractivity contribution in [1.82, 2.24) is 0 Å². The van der Waals surface area contributed by atoms with E-state index in [2.05, 4.69) is 0 Å². The third-order valence-electron chi connectivity index (χ3n) is 12.0. The van der Waals surface area contributed by atoms with E-state index in [1.54, 1.807) is 97.1 Å². The molecule has 0 aliphatic carbocycles. The third-order valence-corrected chi connectivity index (χ3v) is 12.0. The Morgan fingerprint density at radius 1 is 0.382 bits per heavy atom. The molecular formula is C46H40O9. The molecule has 8 rings (SSSR count). The molecule has 6 aromatic rings. The molecule has 2 heterocycles. The van der Waals surface area contributed by atoms with E-state index < -0.39 is 22.0 Å². The summed E-state index contributed by atoms with van der Waals surface area (Å²) in [6, 6.07) is 30.9. The minimum Gasteiger partial charge on any atom is -0.508 e. The zero-order valence-electron chi connectivity index (χ0n) is 30.6. The molecule has 7 N–H and O–H groups in total. The summed E-state index contributed by atoms with van der Waals surface area (Å²) >= 11 is 0. The van der Waals surface area contributed by atoms with Gasteiger partial charge in [-0.15, -0.1) is 0 Å². The van der Waals surface area contributed by atoms with Crippen LogP contribution in [0.15, 0.2) is 115 Å². The lowest BCUT2D eigenvalue weighted by atomic mass is 9.59. The van der Waals surface area contributed by atoms with E-state index in [-0.39, 0.29) is 40.2 Å². The van der Waals surface area contributed by atoms with Gasteiger partial charge in [0.05, 0.1) is 10.8 Å². The summed E-state index contributed by atoms with van der Waals surface area (Å²) in [6.07, 6.45) is 3.85. The first kappa shape index (κ1) is 35.3. The van der Waals surface area contributed by atoms with Gasteiger partial charge in [-0.05, 0) is 122 Å². The van der Waals surface area contributed by atoms with Crippen molar-refractivity contribution in [3.8, 4) is 51.7 Å². The van der Waals surface area contributed by atoms with Gasteiger partial charge in [-0.3, -0.25) is 0 Å². The number of phenolic OH excluding ortho intramolecular Hbond substituents is 7. The molecular weight excluding hydrogens is 696 g/mol. The quantitative estimate of drug-likeness (QED) is 0.0828. The maximum Gasteiger partial charge on any atom is 0.145 e. The summed E-state index contributed by atoms with van der Waals surface area (Å²) in [5.74, 6) is 0.578. The summed E-state index contributed by atoms with van der Waals surface area (Å²) in [7, 11) is 0. The lowest BCUT2D eigenvalue weighted by Gasteiger charge is -2.43. The Labute approximate surface area is 317 Å². The molecule has 2 aliphatic heterocycles. The van der Waals surface area contributed by atoms with Crippen LogP contribution >= 0.6 is 0 Å². The topological polar surface area (TPSA) is 160 Å². The smallest absolute Gasteiger partial charge is 0.145 e. The fourth-order valence-corrected chi connectivity index (χ4v) is 8.76. The maximum atomic E-state index is 10.9. The molecule has 0 bridgehead atoms. The molecule has 0 saturated heterocycles. The molecule has 0 aromatic heterocycles. The van der Waals surface area contributed by atoms with E-state index in [1.807, 2.05) is 45.9 Å². The third kappa shape index (κ3) is 5.21. The molecule has 0 radical (unpaired) electrons. The van der Waals surface area contributed by atoms with Crippen molar-refractivity contribution in [3.63, 3.8) is 0 Å². The Balaban J connectivity index is 1.52. The minimum absolute atomic E-state index is 0.0723. The number of fused-ring (bicyclic) bond motifs is 2. The van der Waals surface area contributed by atoms with E-state index in [4.69, 9.17) is 9.47 Å². The number of rotatable bonds is 6. The van der Waals surface area contributed by atoms with E-state index in [0.29, 0.717) is 50.4 Å². The van der Waals surface area contributed by atoms with E-state index >= 15 is 0 Å². The van der Waals surface area contributed by atoms with Gasteiger partial charge in [0.15, 0.2) is 0 Å². The van der Waals surface area contributed by atoms with E-state index in [9.17, 15) is 35.7 Å². The molecule has 0 unspecified atom stereocenters. The Bertz CT molecular complexity index is 2320. The first-order valence-corrected chi connectivity index (χ1v) is 17.8. The lowest BCUT2D eigenvalue weighted by molar-refractivity contribution is 0.0516. The van der Waals surface area contributed by atoms with Crippen LogP contribution in [0.3, 0.4) is 0 Å². The van der Waals surface area contributed by atoms with Gasteiger partial charge >= 0.3 is 0 Å². The molecule has 0 spiro atoms. The van der Waals surface area contributed by atoms with Gasteiger partial charge in [-0.25, -0.2) is 0 Å². The second kappa shape index (κ2) is 12.1. The second-order valence-corrected chi connectivity index (χ2v) is 15.1. The van der Waals surface area contributed by atoms with Crippen LogP contribution in [-0.4, -0.2) is 35.7 Å². The zero-order chi connectivity index (χ0) is 39.1. The van der Waals surface area contributed by atoms with Crippen LogP contribution in [0.4, 0.5) is 0 Å². The second-order valence-electron chi connectivity index (χ2n) is 15.1. The summed E-state index contributed by atoms with van der Waals surface area (Å²) in [6.45, 7) is 7.81. The largest absolute Gasteiger partial charge is 0.508 e. The predicted octanol–water partition coefficient (Wildman–Crippen LogP) is 9.02. The van der Waals surface area contributed by atoms with Crippen molar-refractivity contribution in [2.45, 2.75) is 49.7 Å². The summed E-state index contributed by atoms with van der Waals surface area (Å²) < 4.78 is 14.2. The standard InChI is InChI=1S/C46H40O9/c1-43(29-19-34(50)23-35(51)20-29)41-38(18-7-26-5-12-31(47)13-6-26)42-40(25-39(41)54-45(43,3)27-8-14-32(48)15-9-27)55-46(4,28-10-16-33(49)17-11-28)44(42,2)30-21-36(52)24-37(53)22-30/h5-25,47-53H,1-4H3/t43-,44-,45+,46+/m0/s1. The van der Waals surface area contributed by atoms with Crippen LogP contribution < -0.4 is 9.47 Å². The fraction of sp³-hybridized carbons (Fsp3) is 0.174. The Morgan fingerprint density at radius 2 is 0.727 bits per heavy atom. The van der Waals surface area contributed by atoms with Gasteiger partial charge in [0.2, 0.25) is 0 Å². The molecule has 0 saturated carbocycles. The molecule has 0 amide bonds. The van der Waals surface area contributed by atoms with Crippen LogP contribution in [0.2, 0.25) is 0 Å². The SMILES string of the molecule is C[C@]1(c2cc(O)cc(O)c2)c2c(cc3c(c2C=Cc2ccc(O)cc2)[C@](C)(c2cc(O)cc(O)c2)[C@@](C)(c2ccc(O)cc2)O3)O[C@]1(C)c1ccc(O)cc1. The van der Waals surface area contributed by atoms with Gasteiger partial charge in [-0.2, -0.15) is 0 Å². The van der Waals surface area contributed by atoms with Gasteiger partial charge in [0, 0.05) is 29.3 Å². The Morgan fingerprint density at radius 3 is 1.09 bits per heavy atom. The van der Waals surface area contributed by atoms with Crippen molar-refractivity contribution < 1.29 is 45.2 Å². The monoisotopic (exact) mass is 736 g/mol.